The Morgan fingerprint density at radius 3 is 2.86 bits per heavy atom. The lowest BCUT2D eigenvalue weighted by Gasteiger charge is -2.10. The van der Waals surface area contributed by atoms with Gasteiger partial charge in [-0.1, -0.05) is 6.07 Å². The number of benzene rings is 1. The summed E-state index contributed by atoms with van der Waals surface area (Å²) in [6.45, 7) is 1.63. The summed E-state index contributed by atoms with van der Waals surface area (Å²) in [7, 11) is 0. The number of fused-ring (bicyclic) bond motifs is 1. The van der Waals surface area contributed by atoms with Crippen molar-refractivity contribution in [2.75, 3.05) is 18.5 Å². The molecule has 1 fully saturated rings. The van der Waals surface area contributed by atoms with E-state index in [9.17, 15) is 0 Å². The van der Waals surface area contributed by atoms with Crippen molar-refractivity contribution >= 4 is 16.9 Å². The van der Waals surface area contributed by atoms with E-state index >= 15 is 0 Å². The largest absolute Gasteiger partial charge is 0.464 e. The number of nitrogens with one attached hydrogen (secondary N) is 1. The van der Waals surface area contributed by atoms with Gasteiger partial charge in [0.2, 0.25) is 5.95 Å². The quantitative estimate of drug-likeness (QED) is 0.798. The van der Waals surface area contributed by atoms with Gasteiger partial charge in [-0.15, -0.1) is 0 Å². The third-order valence-corrected chi connectivity index (χ3v) is 3.95. The SMILES string of the molecule is c1cc2cc(-c3cnc(NCC4CCCO4)nc3)ccc2o1. The van der Waals surface area contributed by atoms with Crippen molar-refractivity contribution in [1.82, 2.24) is 9.97 Å². The predicted octanol–water partition coefficient (Wildman–Crippen LogP) is 3.48. The Bertz CT molecular complexity index is 761. The first-order valence-electron chi connectivity index (χ1n) is 7.54. The van der Waals surface area contributed by atoms with Crippen molar-refractivity contribution in [1.29, 1.82) is 0 Å². The number of rotatable bonds is 4. The molecule has 112 valence electrons. The number of anilines is 1. The van der Waals surface area contributed by atoms with Gasteiger partial charge in [0.05, 0.1) is 12.4 Å². The lowest BCUT2D eigenvalue weighted by molar-refractivity contribution is 0.120. The maximum absolute atomic E-state index is 5.57. The lowest BCUT2D eigenvalue weighted by atomic mass is 10.1. The molecule has 1 aliphatic heterocycles. The molecule has 0 bridgehead atoms. The first-order chi connectivity index (χ1) is 10.9. The molecule has 1 unspecified atom stereocenters. The highest BCUT2D eigenvalue weighted by molar-refractivity contribution is 5.83. The lowest BCUT2D eigenvalue weighted by Crippen LogP contribution is -2.19. The zero-order valence-electron chi connectivity index (χ0n) is 12.2. The summed E-state index contributed by atoms with van der Waals surface area (Å²) in [5, 5.41) is 4.31. The van der Waals surface area contributed by atoms with Crippen LogP contribution in [0.2, 0.25) is 0 Å². The second-order valence-electron chi connectivity index (χ2n) is 5.48. The Morgan fingerprint density at radius 2 is 2.05 bits per heavy atom. The van der Waals surface area contributed by atoms with Gasteiger partial charge >= 0.3 is 0 Å². The number of hydrogen-bond donors (Lipinski definition) is 1. The van der Waals surface area contributed by atoms with E-state index in [1.165, 1.54) is 0 Å². The molecule has 22 heavy (non-hydrogen) atoms. The molecule has 3 aromatic rings. The second kappa shape index (κ2) is 5.77. The second-order valence-corrected chi connectivity index (χ2v) is 5.48. The van der Waals surface area contributed by atoms with Gasteiger partial charge in [-0.2, -0.15) is 0 Å². The van der Waals surface area contributed by atoms with Crippen LogP contribution in [-0.4, -0.2) is 29.2 Å². The first kappa shape index (κ1) is 13.3. The number of aromatic nitrogens is 2. The average molecular weight is 295 g/mol. The highest BCUT2D eigenvalue weighted by Gasteiger charge is 2.15. The highest BCUT2D eigenvalue weighted by Crippen LogP contribution is 2.24. The van der Waals surface area contributed by atoms with Gasteiger partial charge in [0.15, 0.2) is 0 Å². The molecular formula is C17H17N3O2. The Morgan fingerprint density at radius 1 is 1.14 bits per heavy atom. The zero-order chi connectivity index (χ0) is 14.8. The van der Waals surface area contributed by atoms with Crippen molar-refractivity contribution < 1.29 is 9.15 Å². The van der Waals surface area contributed by atoms with Crippen LogP contribution in [0.5, 0.6) is 0 Å². The molecule has 0 saturated carbocycles. The van der Waals surface area contributed by atoms with Gasteiger partial charge < -0.3 is 14.5 Å². The minimum atomic E-state index is 0.284. The van der Waals surface area contributed by atoms with E-state index in [1.807, 2.05) is 30.6 Å². The monoisotopic (exact) mass is 295 g/mol. The molecule has 4 rings (SSSR count). The minimum Gasteiger partial charge on any atom is -0.464 e. The molecule has 1 saturated heterocycles. The van der Waals surface area contributed by atoms with Crippen LogP contribution in [0.1, 0.15) is 12.8 Å². The highest BCUT2D eigenvalue weighted by atomic mass is 16.5. The van der Waals surface area contributed by atoms with Crippen LogP contribution >= 0.6 is 0 Å². The van der Waals surface area contributed by atoms with Crippen molar-refractivity contribution in [3.63, 3.8) is 0 Å². The number of ether oxygens (including phenoxy) is 1. The summed E-state index contributed by atoms with van der Waals surface area (Å²) in [5.74, 6) is 0.642. The Hall–Kier alpha value is -2.40. The van der Waals surface area contributed by atoms with Gasteiger partial charge in [-0.05, 0) is 36.6 Å². The molecule has 1 aromatic carbocycles. The molecule has 0 amide bonds. The molecule has 3 heterocycles. The fourth-order valence-electron chi connectivity index (χ4n) is 2.73. The number of furan rings is 1. The maximum Gasteiger partial charge on any atom is 0.222 e. The standard InChI is InChI=1S/C17H17N3O2/c1-2-15(21-6-1)11-20-17-18-9-14(10-19-17)12-3-4-16-13(8-12)5-7-22-16/h3-5,7-10,15H,1-2,6,11H2,(H,18,19,20). The van der Waals surface area contributed by atoms with E-state index in [0.29, 0.717) is 5.95 Å². The third kappa shape index (κ3) is 2.67. The molecular weight excluding hydrogens is 278 g/mol. The van der Waals surface area contributed by atoms with Crippen molar-refractivity contribution in [3.05, 3.63) is 42.9 Å². The third-order valence-electron chi connectivity index (χ3n) is 3.95. The van der Waals surface area contributed by atoms with E-state index in [1.54, 1.807) is 6.26 Å². The molecule has 0 spiro atoms. The van der Waals surface area contributed by atoms with Crippen molar-refractivity contribution in [2.45, 2.75) is 18.9 Å². The fourth-order valence-corrected chi connectivity index (χ4v) is 2.73. The van der Waals surface area contributed by atoms with Crippen LogP contribution in [0.4, 0.5) is 5.95 Å². The summed E-state index contributed by atoms with van der Waals surface area (Å²) in [4.78, 5) is 8.77. The van der Waals surface area contributed by atoms with Crippen LogP contribution in [-0.2, 0) is 4.74 Å². The Balaban J connectivity index is 1.48. The zero-order valence-corrected chi connectivity index (χ0v) is 12.2. The Kier molecular flexibility index (Phi) is 3.48. The molecule has 1 aliphatic rings. The number of nitrogens with zero attached hydrogens (tertiary/aromatic N) is 2. The maximum atomic E-state index is 5.57. The predicted molar refractivity (Wildman–Crippen MR) is 84.7 cm³/mol. The van der Waals surface area contributed by atoms with Crippen molar-refractivity contribution in [2.24, 2.45) is 0 Å². The van der Waals surface area contributed by atoms with E-state index in [4.69, 9.17) is 9.15 Å². The topological polar surface area (TPSA) is 60.2 Å². The van der Waals surface area contributed by atoms with Gasteiger partial charge in [-0.3, -0.25) is 0 Å². The molecule has 0 radical (unpaired) electrons. The molecule has 0 aliphatic carbocycles. The summed E-state index contributed by atoms with van der Waals surface area (Å²) in [5.41, 5.74) is 2.96. The molecule has 5 heteroatoms. The van der Waals surface area contributed by atoms with Gasteiger partial charge in [0.1, 0.15) is 5.58 Å². The van der Waals surface area contributed by atoms with Crippen LogP contribution in [0.15, 0.2) is 47.3 Å². The number of hydrogen-bond acceptors (Lipinski definition) is 5. The van der Waals surface area contributed by atoms with E-state index in [2.05, 4.69) is 21.4 Å². The van der Waals surface area contributed by atoms with Crippen LogP contribution in [0.25, 0.3) is 22.1 Å². The van der Waals surface area contributed by atoms with Gasteiger partial charge in [0, 0.05) is 36.5 Å². The van der Waals surface area contributed by atoms with Crippen molar-refractivity contribution in [3.8, 4) is 11.1 Å². The van der Waals surface area contributed by atoms with Gasteiger partial charge in [0.25, 0.3) is 0 Å². The average Bonchev–Trinajstić information content (AvgIpc) is 3.24. The Labute approximate surface area is 128 Å². The summed E-state index contributed by atoms with van der Waals surface area (Å²) in [6, 6.07) is 8.02. The summed E-state index contributed by atoms with van der Waals surface area (Å²) in [6.07, 6.45) is 7.91. The normalized spacial score (nSPS) is 17.9. The van der Waals surface area contributed by atoms with E-state index in [-0.39, 0.29) is 6.10 Å². The smallest absolute Gasteiger partial charge is 0.222 e. The molecule has 1 atom stereocenters. The molecule has 2 aromatic heterocycles. The molecule has 5 nitrogen and oxygen atoms in total. The minimum absolute atomic E-state index is 0.284. The first-order valence-corrected chi connectivity index (χ1v) is 7.54. The van der Waals surface area contributed by atoms with E-state index in [0.717, 1.165) is 48.1 Å². The van der Waals surface area contributed by atoms with Crippen LogP contribution in [0.3, 0.4) is 0 Å². The molecule has 1 N–H and O–H groups in total. The summed E-state index contributed by atoms with van der Waals surface area (Å²) < 4.78 is 10.9. The van der Waals surface area contributed by atoms with Crippen LogP contribution in [0, 0.1) is 0 Å². The van der Waals surface area contributed by atoms with E-state index < -0.39 is 0 Å². The summed E-state index contributed by atoms with van der Waals surface area (Å²) >= 11 is 0. The fraction of sp³-hybridized carbons (Fsp3) is 0.294. The van der Waals surface area contributed by atoms with Crippen LogP contribution < -0.4 is 5.32 Å². The van der Waals surface area contributed by atoms with Gasteiger partial charge in [-0.25, -0.2) is 9.97 Å².